The van der Waals surface area contributed by atoms with E-state index in [9.17, 15) is 9.59 Å². The summed E-state index contributed by atoms with van der Waals surface area (Å²) in [5, 5.41) is 14.9. The second-order valence-corrected chi connectivity index (χ2v) is 6.86. The zero-order valence-electron chi connectivity index (χ0n) is 14.2. The summed E-state index contributed by atoms with van der Waals surface area (Å²) in [7, 11) is 0. The number of thiocarbonyl (C=S) groups is 1. The Hall–Kier alpha value is -2.73. The lowest BCUT2D eigenvalue weighted by molar-refractivity contribution is -0.125. The van der Waals surface area contributed by atoms with Gasteiger partial charge in [0.15, 0.2) is 5.11 Å². The van der Waals surface area contributed by atoms with Crippen molar-refractivity contribution in [1.82, 2.24) is 5.32 Å². The molecule has 0 spiro atoms. The Kier molecular flexibility index (Phi) is 5.32. The molecule has 2 aromatic rings. The van der Waals surface area contributed by atoms with E-state index in [-0.39, 0.29) is 16.6 Å². The van der Waals surface area contributed by atoms with Crippen LogP contribution in [0.5, 0.6) is 0 Å². The van der Waals surface area contributed by atoms with Crippen LogP contribution in [0.15, 0.2) is 54.6 Å². The molecule has 26 heavy (non-hydrogen) atoms. The van der Waals surface area contributed by atoms with Gasteiger partial charge in [0.2, 0.25) is 5.91 Å². The third-order valence-electron chi connectivity index (χ3n) is 4.81. The molecule has 3 N–H and O–H groups in total. The van der Waals surface area contributed by atoms with Gasteiger partial charge in [0.1, 0.15) is 0 Å². The lowest BCUT2D eigenvalue weighted by atomic mass is 9.78. The molecule has 0 bridgehead atoms. The third kappa shape index (κ3) is 3.75. The van der Waals surface area contributed by atoms with E-state index in [0.717, 1.165) is 31.2 Å². The lowest BCUT2D eigenvalue weighted by Gasteiger charge is -2.28. The number of nitrogens with one attached hydrogen (secondary N) is 2. The van der Waals surface area contributed by atoms with Crippen LogP contribution in [0.4, 0.5) is 5.69 Å². The summed E-state index contributed by atoms with van der Waals surface area (Å²) in [5.74, 6) is -1.13. The fraction of sp³-hybridized carbons (Fsp3) is 0.250. The fourth-order valence-corrected chi connectivity index (χ4v) is 3.71. The van der Waals surface area contributed by atoms with Gasteiger partial charge in [-0.15, -0.1) is 0 Å². The highest BCUT2D eigenvalue weighted by molar-refractivity contribution is 7.80. The van der Waals surface area contributed by atoms with Gasteiger partial charge in [-0.1, -0.05) is 49.2 Å². The van der Waals surface area contributed by atoms with Gasteiger partial charge in [-0.3, -0.25) is 4.79 Å². The van der Waals surface area contributed by atoms with Crippen molar-refractivity contribution in [3.05, 3.63) is 65.7 Å². The van der Waals surface area contributed by atoms with Crippen LogP contribution in [0, 0.1) is 0 Å². The van der Waals surface area contributed by atoms with Gasteiger partial charge in [-0.25, -0.2) is 4.79 Å². The number of carboxylic acid groups (broad SMARTS) is 1. The smallest absolute Gasteiger partial charge is 0.335 e. The third-order valence-corrected chi connectivity index (χ3v) is 5.02. The largest absolute Gasteiger partial charge is 0.478 e. The van der Waals surface area contributed by atoms with Crippen LogP contribution in [0.25, 0.3) is 0 Å². The summed E-state index contributed by atoms with van der Waals surface area (Å²) in [4.78, 5) is 24.1. The van der Waals surface area contributed by atoms with Gasteiger partial charge in [-0.05, 0) is 48.8 Å². The average Bonchev–Trinajstić information content (AvgIpc) is 3.13. The molecule has 1 aliphatic rings. The first-order valence-corrected chi connectivity index (χ1v) is 8.93. The Morgan fingerprint density at radius 2 is 1.69 bits per heavy atom. The predicted octanol–water partition coefficient (Wildman–Crippen LogP) is 3.71. The van der Waals surface area contributed by atoms with Crippen molar-refractivity contribution in [3.63, 3.8) is 0 Å². The number of benzene rings is 2. The number of aromatic carboxylic acids is 1. The maximum atomic E-state index is 13.0. The summed E-state index contributed by atoms with van der Waals surface area (Å²) >= 11 is 5.27. The number of hydrogen-bond donors (Lipinski definition) is 3. The molecule has 3 rings (SSSR count). The number of amides is 1. The maximum Gasteiger partial charge on any atom is 0.335 e. The fourth-order valence-electron chi connectivity index (χ4n) is 3.50. The lowest BCUT2D eigenvalue weighted by Crippen LogP contribution is -2.46. The number of carbonyl (C=O) groups is 2. The first-order valence-electron chi connectivity index (χ1n) is 8.53. The molecule has 0 radical (unpaired) electrons. The van der Waals surface area contributed by atoms with Crippen LogP contribution in [0.1, 0.15) is 41.6 Å². The quantitative estimate of drug-likeness (QED) is 0.717. The molecule has 5 nitrogen and oxygen atoms in total. The highest BCUT2D eigenvalue weighted by atomic mass is 32.1. The molecule has 2 aromatic carbocycles. The Balaban J connectivity index is 1.73. The first-order chi connectivity index (χ1) is 12.5. The minimum Gasteiger partial charge on any atom is -0.478 e. The number of hydrogen-bond acceptors (Lipinski definition) is 3. The average molecular weight is 368 g/mol. The zero-order chi connectivity index (χ0) is 18.6. The van der Waals surface area contributed by atoms with Crippen LogP contribution < -0.4 is 10.6 Å². The van der Waals surface area contributed by atoms with E-state index in [1.54, 1.807) is 12.1 Å². The summed E-state index contributed by atoms with van der Waals surface area (Å²) in [5.41, 5.74) is 1.12. The van der Waals surface area contributed by atoms with Gasteiger partial charge in [0, 0.05) is 5.69 Å². The van der Waals surface area contributed by atoms with Crippen LogP contribution in [-0.4, -0.2) is 22.1 Å². The number of rotatable bonds is 4. The molecule has 1 saturated carbocycles. The molecule has 0 unspecified atom stereocenters. The van der Waals surface area contributed by atoms with E-state index >= 15 is 0 Å². The number of anilines is 1. The molecular formula is C20H20N2O3S. The topological polar surface area (TPSA) is 78.4 Å². The van der Waals surface area contributed by atoms with Gasteiger partial charge >= 0.3 is 5.97 Å². The normalized spacial score (nSPS) is 15.2. The summed E-state index contributed by atoms with van der Waals surface area (Å²) < 4.78 is 0. The molecule has 0 aromatic heterocycles. The maximum absolute atomic E-state index is 13.0. The van der Waals surface area contributed by atoms with Crippen molar-refractivity contribution in [2.45, 2.75) is 31.1 Å². The van der Waals surface area contributed by atoms with E-state index in [2.05, 4.69) is 10.6 Å². The van der Waals surface area contributed by atoms with Crippen molar-refractivity contribution in [1.29, 1.82) is 0 Å². The van der Waals surface area contributed by atoms with Crippen LogP contribution >= 0.6 is 12.2 Å². The van der Waals surface area contributed by atoms with Crippen LogP contribution in [0.3, 0.4) is 0 Å². The molecule has 1 aliphatic carbocycles. The van der Waals surface area contributed by atoms with Gasteiger partial charge in [0.25, 0.3) is 0 Å². The molecular weight excluding hydrogens is 348 g/mol. The van der Waals surface area contributed by atoms with E-state index in [4.69, 9.17) is 17.3 Å². The van der Waals surface area contributed by atoms with Gasteiger partial charge in [-0.2, -0.15) is 0 Å². The van der Waals surface area contributed by atoms with Crippen LogP contribution in [-0.2, 0) is 10.2 Å². The van der Waals surface area contributed by atoms with Crippen LogP contribution in [0.2, 0.25) is 0 Å². The zero-order valence-corrected chi connectivity index (χ0v) is 15.0. The molecule has 0 aliphatic heterocycles. The minimum atomic E-state index is -1.02. The molecule has 0 atom stereocenters. The second-order valence-electron chi connectivity index (χ2n) is 6.45. The first kappa shape index (κ1) is 18.1. The molecule has 0 heterocycles. The van der Waals surface area contributed by atoms with Crippen molar-refractivity contribution >= 4 is 34.9 Å². The monoisotopic (exact) mass is 368 g/mol. The minimum absolute atomic E-state index is 0.118. The van der Waals surface area contributed by atoms with E-state index < -0.39 is 11.4 Å². The molecule has 1 fully saturated rings. The molecule has 134 valence electrons. The van der Waals surface area contributed by atoms with E-state index in [0.29, 0.717) is 5.69 Å². The Bertz CT molecular complexity index is 830. The SMILES string of the molecule is O=C(O)c1cccc(NC(=S)NC(=O)C2(c3ccccc3)CCCC2)c1. The van der Waals surface area contributed by atoms with Gasteiger partial charge < -0.3 is 15.7 Å². The Labute approximate surface area is 157 Å². The number of carboxylic acids is 1. The van der Waals surface area contributed by atoms with E-state index in [1.807, 2.05) is 30.3 Å². The Morgan fingerprint density at radius 1 is 1.00 bits per heavy atom. The number of carbonyl (C=O) groups excluding carboxylic acids is 1. The Morgan fingerprint density at radius 3 is 2.35 bits per heavy atom. The van der Waals surface area contributed by atoms with Crippen molar-refractivity contribution < 1.29 is 14.7 Å². The van der Waals surface area contributed by atoms with Crippen molar-refractivity contribution in [2.24, 2.45) is 0 Å². The molecule has 1 amide bonds. The highest BCUT2D eigenvalue weighted by Gasteiger charge is 2.42. The standard InChI is InChI=1S/C20H20N2O3S/c23-17(24)14-7-6-10-16(13-14)21-19(26)22-18(25)20(11-4-5-12-20)15-8-2-1-3-9-15/h1-3,6-10,13H,4-5,11-12H2,(H,23,24)(H2,21,22,25,26). The van der Waals surface area contributed by atoms with Crippen molar-refractivity contribution in [3.8, 4) is 0 Å². The highest BCUT2D eigenvalue weighted by Crippen LogP contribution is 2.41. The van der Waals surface area contributed by atoms with Crippen molar-refractivity contribution in [2.75, 3.05) is 5.32 Å². The summed E-state index contributed by atoms with van der Waals surface area (Å²) in [6, 6.07) is 16.1. The van der Waals surface area contributed by atoms with Gasteiger partial charge in [0.05, 0.1) is 11.0 Å². The summed E-state index contributed by atoms with van der Waals surface area (Å²) in [6.07, 6.45) is 3.59. The molecule has 6 heteroatoms. The second kappa shape index (κ2) is 7.66. The molecule has 0 saturated heterocycles. The summed E-state index contributed by atoms with van der Waals surface area (Å²) in [6.45, 7) is 0. The predicted molar refractivity (Wildman–Crippen MR) is 104 cm³/mol. The van der Waals surface area contributed by atoms with E-state index in [1.165, 1.54) is 12.1 Å².